The van der Waals surface area contributed by atoms with Gasteiger partial charge < -0.3 is 19.1 Å². The summed E-state index contributed by atoms with van der Waals surface area (Å²) in [6.07, 6.45) is 1.16. The van der Waals surface area contributed by atoms with Crippen LogP contribution in [0.1, 0.15) is 25.8 Å². The second-order valence-corrected chi connectivity index (χ2v) is 7.74. The largest absolute Gasteiger partial charge is 0.493 e. The van der Waals surface area contributed by atoms with Crippen molar-refractivity contribution in [3.8, 4) is 11.5 Å². The van der Waals surface area contributed by atoms with Gasteiger partial charge in [0, 0.05) is 17.6 Å². The van der Waals surface area contributed by atoms with Crippen LogP contribution in [0.5, 0.6) is 11.5 Å². The van der Waals surface area contributed by atoms with Crippen molar-refractivity contribution in [1.82, 2.24) is 4.90 Å². The Labute approximate surface area is 162 Å². The molecule has 2 atom stereocenters. The van der Waals surface area contributed by atoms with Crippen LogP contribution in [0.4, 0.5) is 0 Å². The fourth-order valence-electron chi connectivity index (χ4n) is 3.34. The minimum Gasteiger partial charge on any atom is -0.493 e. The summed E-state index contributed by atoms with van der Waals surface area (Å²) in [6, 6.07) is 3.46. The van der Waals surface area contributed by atoms with Gasteiger partial charge in [-0.2, -0.15) is 0 Å². The number of hydrogen-bond acceptors (Lipinski definition) is 5. The molecule has 7 heteroatoms. The van der Waals surface area contributed by atoms with Crippen molar-refractivity contribution in [2.24, 2.45) is 11.8 Å². The summed E-state index contributed by atoms with van der Waals surface area (Å²) in [5.74, 6) is 1.46. The normalized spacial score (nSPS) is 19.8. The lowest BCUT2D eigenvalue weighted by Crippen LogP contribution is -2.44. The number of rotatable bonds is 6. The molecule has 2 unspecified atom stereocenters. The topological polar surface area (TPSA) is 65.1 Å². The molecule has 1 heterocycles. The Hall–Kier alpha value is -1.76. The van der Waals surface area contributed by atoms with E-state index >= 15 is 0 Å². The molecule has 1 amide bonds. The van der Waals surface area contributed by atoms with Gasteiger partial charge in [0.1, 0.15) is 0 Å². The number of ether oxygens (including phenoxy) is 3. The highest BCUT2D eigenvalue weighted by molar-refractivity contribution is 9.10. The van der Waals surface area contributed by atoms with Gasteiger partial charge in [0.2, 0.25) is 0 Å². The minimum absolute atomic E-state index is 0.0427. The average Bonchev–Trinajstić information content (AvgIpc) is 2.60. The van der Waals surface area contributed by atoms with Gasteiger partial charge in [-0.15, -0.1) is 0 Å². The van der Waals surface area contributed by atoms with Crippen LogP contribution in [-0.2, 0) is 20.7 Å². The zero-order chi connectivity index (χ0) is 19.3. The first kappa shape index (κ1) is 20.6. The van der Waals surface area contributed by atoms with Gasteiger partial charge in [-0.1, -0.05) is 29.8 Å². The Bertz CT molecular complexity index is 654. The molecule has 1 aromatic rings. The molecule has 26 heavy (non-hydrogen) atoms. The first-order chi connectivity index (χ1) is 12.3. The van der Waals surface area contributed by atoms with E-state index < -0.39 is 5.97 Å². The lowest BCUT2D eigenvalue weighted by atomic mass is 9.92. The highest BCUT2D eigenvalue weighted by Crippen LogP contribution is 2.33. The molecule has 144 valence electrons. The molecule has 1 aliphatic rings. The van der Waals surface area contributed by atoms with Crippen molar-refractivity contribution < 1.29 is 23.8 Å². The van der Waals surface area contributed by atoms with Gasteiger partial charge in [0.25, 0.3) is 5.91 Å². The Morgan fingerprint density at radius 3 is 2.27 bits per heavy atom. The molecule has 1 fully saturated rings. The van der Waals surface area contributed by atoms with Gasteiger partial charge in [-0.05, 0) is 36.0 Å². The molecule has 0 N–H and O–H groups in total. The molecular formula is C19H26BrNO5. The van der Waals surface area contributed by atoms with E-state index in [0.29, 0.717) is 28.9 Å². The molecule has 0 saturated carbocycles. The van der Waals surface area contributed by atoms with E-state index in [4.69, 9.17) is 14.2 Å². The van der Waals surface area contributed by atoms with Crippen LogP contribution < -0.4 is 9.47 Å². The molecular weight excluding hydrogens is 402 g/mol. The molecule has 2 rings (SSSR count). The lowest BCUT2D eigenvalue weighted by molar-refractivity contribution is -0.152. The Balaban J connectivity index is 1.91. The lowest BCUT2D eigenvalue weighted by Gasteiger charge is -2.34. The minimum atomic E-state index is -0.454. The van der Waals surface area contributed by atoms with Crippen LogP contribution in [0.2, 0.25) is 0 Å². The molecule has 6 nitrogen and oxygen atoms in total. The number of nitrogens with zero attached hydrogens (tertiary/aromatic N) is 1. The van der Waals surface area contributed by atoms with Crippen molar-refractivity contribution in [3.05, 3.63) is 22.2 Å². The Morgan fingerprint density at radius 2 is 1.69 bits per heavy atom. The van der Waals surface area contributed by atoms with Crippen LogP contribution >= 0.6 is 15.9 Å². The number of methoxy groups -OCH3 is 2. The maximum atomic E-state index is 12.3. The molecule has 0 radical (unpaired) electrons. The third-order valence-corrected chi connectivity index (χ3v) is 5.20. The number of likely N-dealkylation sites (tertiary alicyclic amines) is 1. The predicted octanol–water partition coefficient (Wildman–Crippen LogP) is 3.06. The highest BCUT2D eigenvalue weighted by atomic mass is 79.9. The number of esters is 1. The zero-order valence-electron chi connectivity index (χ0n) is 15.7. The van der Waals surface area contributed by atoms with E-state index in [9.17, 15) is 9.59 Å². The Kier molecular flexibility index (Phi) is 7.32. The molecule has 0 bridgehead atoms. The van der Waals surface area contributed by atoms with E-state index in [-0.39, 0.29) is 18.9 Å². The van der Waals surface area contributed by atoms with Crippen molar-refractivity contribution in [2.75, 3.05) is 33.9 Å². The smallest absolute Gasteiger partial charge is 0.310 e. The molecule has 1 saturated heterocycles. The second-order valence-electron chi connectivity index (χ2n) is 6.88. The van der Waals surface area contributed by atoms with Crippen LogP contribution in [0.15, 0.2) is 16.6 Å². The standard InChI is InChI=1S/C19H26BrNO5/c1-12-5-13(2)10-21(9-12)18(22)11-26-19(23)7-14-6-16(24-3)17(25-4)8-15(14)20/h6,8,12-13H,5,7,9-11H2,1-4H3. The van der Waals surface area contributed by atoms with Crippen molar-refractivity contribution in [3.63, 3.8) is 0 Å². The number of amides is 1. The fourth-order valence-corrected chi connectivity index (χ4v) is 3.80. The summed E-state index contributed by atoms with van der Waals surface area (Å²) in [5, 5.41) is 0. The van der Waals surface area contributed by atoms with Crippen molar-refractivity contribution >= 4 is 27.8 Å². The second kappa shape index (κ2) is 9.26. The Morgan fingerprint density at radius 1 is 1.12 bits per heavy atom. The number of carbonyl (C=O) groups excluding carboxylic acids is 2. The van der Waals surface area contributed by atoms with Crippen molar-refractivity contribution in [1.29, 1.82) is 0 Å². The van der Waals surface area contributed by atoms with E-state index in [2.05, 4.69) is 29.8 Å². The molecule has 0 aliphatic carbocycles. The number of piperidine rings is 1. The average molecular weight is 428 g/mol. The zero-order valence-corrected chi connectivity index (χ0v) is 17.3. The van der Waals surface area contributed by atoms with E-state index in [1.54, 1.807) is 24.1 Å². The van der Waals surface area contributed by atoms with E-state index in [1.807, 2.05) is 0 Å². The number of halogens is 1. The van der Waals surface area contributed by atoms with Crippen LogP contribution in [0.25, 0.3) is 0 Å². The summed E-state index contributed by atoms with van der Waals surface area (Å²) in [4.78, 5) is 26.2. The van der Waals surface area contributed by atoms with Gasteiger partial charge in [0.15, 0.2) is 18.1 Å². The number of hydrogen-bond donors (Lipinski definition) is 0. The molecule has 0 spiro atoms. The van der Waals surface area contributed by atoms with Gasteiger partial charge in [0.05, 0.1) is 20.6 Å². The van der Waals surface area contributed by atoms with E-state index in [1.165, 1.54) is 7.11 Å². The quantitative estimate of drug-likeness (QED) is 0.652. The monoisotopic (exact) mass is 427 g/mol. The molecule has 1 aromatic carbocycles. The summed E-state index contributed by atoms with van der Waals surface area (Å²) in [6.45, 7) is 5.50. The first-order valence-corrected chi connectivity index (χ1v) is 9.47. The van der Waals surface area contributed by atoms with Gasteiger partial charge in [-0.25, -0.2) is 0 Å². The maximum absolute atomic E-state index is 12.3. The molecule has 1 aliphatic heterocycles. The fraction of sp³-hybridized carbons (Fsp3) is 0.579. The van der Waals surface area contributed by atoms with Crippen LogP contribution in [0.3, 0.4) is 0 Å². The van der Waals surface area contributed by atoms with Crippen molar-refractivity contribution in [2.45, 2.75) is 26.7 Å². The predicted molar refractivity (Wildman–Crippen MR) is 101 cm³/mol. The maximum Gasteiger partial charge on any atom is 0.310 e. The summed E-state index contributed by atoms with van der Waals surface area (Å²) in [5.41, 5.74) is 0.709. The number of carbonyl (C=O) groups is 2. The molecule has 0 aromatic heterocycles. The SMILES string of the molecule is COc1cc(Br)c(CC(=O)OCC(=O)N2CC(C)CC(C)C2)cc1OC. The van der Waals surface area contributed by atoms with Gasteiger partial charge in [-0.3, -0.25) is 9.59 Å². The summed E-state index contributed by atoms with van der Waals surface area (Å²) in [7, 11) is 3.08. The van der Waals surface area contributed by atoms with Gasteiger partial charge >= 0.3 is 5.97 Å². The third-order valence-electron chi connectivity index (χ3n) is 4.47. The summed E-state index contributed by atoms with van der Waals surface area (Å²) < 4.78 is 16.4. The number of benzene rings is 1. The van der Waals surface area contributed by atoms with E-state index in [0.717, 1.165) is 24.0 Å². The highest BCUT2D eigenvalue weighted by Gasteiger charge is 2.26. The first-order valence-electron chi connectivity index (χ1n) is 8.67. The van der Waals surface area contributed by atoms with Crippen LogP contribution in [-0.4, -0.2) is 50.7 Å². The third kappa shape index (κ3) is 5.37. The summed E-state index contributed by atoms with van der Waals surface area (Å²) >= 11 is 3.42. The van der Waals surface area contributed by atoms with Crippen LogP contribution in [0, 0.1) is 11.8 Å².